The van der Waals surface area contributed by atoms with Crippen LogP contribution >= 0.6 is 0 Å². The molecule has 6 heteroatoms. The molecule has 0 aliphatic carbocycles. The molecule has 0 aromatic heterocycles. The number of rotatable bonds is 4. The number of aliphatic hydroxyl groups excluding tert-OH is 1. The van der Waals surface area contributed by atoms with Gasteiger partial charge in [-0.25, -0.2) is 8.78 Å². The maximum atomic E-state index is 13.6. The molecule has 21 heavy (non-hydrogen) atoms. The Morgan fingerprint density at radius 3 is 2.57 bits per heavy atom. The van der Waals surface area contributed by atoms with Crippen LogP contribution < -0.4 is 0 Å². The van der Waals surface area contributed by atoms with Crippen LogP contribution in [0.4, 0.5) is 8.78 Å². The second-order valence-electron chi connectivity index (χ2n) is 5.73. The standard InChI is InChI=1S/C15H20F2N2O2/c1-18(2)8-10-6-11(20)9-19(10)15(21)7-12-13(16)4-3-5-14(12)17/h3-5,10-11,20H,6-9H2,1-2H3. The van der Waals surface area contributed by atoms with Crippen LogP contribution in [0.15, 0.2) is 18.2 Å². The number of amides is 1. The number of likely N-dealkylation sites (tertiary alicyclic amines) is 1. The lowest BCUT2D eigenvalue weighted by Gasteiger charge is -2.27. The molecule has 0 radical (unpaired) electrons. The smallest absolute Gasteiger partial charge is 0.227 e. The van der Waals surface area contributed by atoms with Crippen molar-refractivity contribution in [1.82, 2.24) is 9.80 Å². The molecule has 0 spiro atoms. The first-order chi connectivity index (χ1) is 9.88. The molecule has 2 rings (SSSR count). The van der Waals surface area contributed by atoms with Crippen molar-refractivity contribution in [3.8, 4) is 0 Å². The number of β-amino-alcohol motifs (C(OH)–C–C–N with tert-alkyl or cyclic N) is 1. The molecular weight excluding hydrogens is 278 g/mol. The van der Waals surface area contributed by atoms with Crippen LogP contribution in [0.1, 0.15) is 12.0 Å². The SMILES string of the molecule is CN(C)CC1CC(O)CN1C(=O)Cc1c(F)cccc1F. The molecule has 1 aromatic rings. The summed E-state index contributed by atoms with van der Waals surface area (Å²) in [6.07, 6.45) is -0.414. The zero-order valence-corrected chi connectivity index (χ0v) is 12.2. The average molecular weight is 298 g/mol. The van der Waals surface area contributed by atoms with Crippen LogP contribution in [0.25, 0.3) is 0 Å². The summed E-state index contributed by atoms with van der Waals surface area (Å²) in [4.78, 5) is 15.8. The van der Waals surface area contributed by atoms with E-state index in [9.17, 15) is 18.7 Å². The number of hydrogen-bond donors (Lipinski definition) is 1. The average Bonchev–Trinajstić information content (AvgIpc) is 2.74. The molecule has 2 atom stereocenters. The van der Waals surface area contributed by atoms with Gasteiger partial charge in [-0.2, -0.15) is 0 Å². The number of aliphatic hydroxyl groups is 1. The largest absolute Gasteiger partial charge is 0.391 e. The van der Waals surface area contributed by atoms with E-state index in [0.29, 0.717) is 13.0 Å². The first-order valence-electron chi connectivity index (χ1n) is 6.93. The van der Waals surface area contributed by atoms with E-state index in [1.165, 1.54) is 11.0 Å². The predicted molar refractivity (Wildman–Crippen MR) is 74.7 cm³/mol. The van der Waals surface area contributed by atoms with Crippen molar-refractivity contribution in [1.29, 1.82) is 0 Å². The Labute approximate surface area is 123 Å². The van der Waals surface area contributed by atoms with Gasteiger partial charge in [0.1, 0.15) is 11.6 Å². The second kappa shape index (κ2) is 6.49. The van der Waals surface area contributed by atoms with Gasteiger partial charge in [0.15, 0.2) is 0 Å². The minimum absolute atomic E-state index is 0.127. The first kappa shape index (κ1) is 15.9. The maximum absolute atomic E-state index is 13.6. The molecule has 116 valence electrons. The lowest BCUT2D eigenvalue weighted by molar-refractivity contribution is -0.131. The van der Waals surface area contributed by atoms with Crippen LogP contribution in [0.2, 0.25) is 0 Å². The lowest BCUT2D eigenvalue weighted by Crippen LogP contribution is -2.42. The van der Waals surface area contributed by atoms with Crippen molar-refractivity contribution < 1.29 is 18.7 Å². The molecule has 1 N–H and O–H groups in total. The molecule has 1 fully saturated rings. The Morgan fingerprint density at radius 1 is 1.38 bits per heavy atom. The molecule has 1 heterocycles. The molecular formula is C15H20F2N2O2. The molecule has 1 amide bonds. The van der Waals surface area contributed by atoms with E-state index in [1.54, 1.807) is 0 Å². The minimum Gasteiger partial charge on any atom is -0.391 e. The van der Waals surface area contributed by atoms with E-state index in [-0.39, 0.29) is 30.5 Å². The van der Waals surface area contributed by atoms with E-state index < -0.39 is 17.7 Å². The molecule has 4 nitrogen and oxygen atoms in total. The molecule has 0 saturated carbocycles. The van der Waals surface area contributed by atoms with Crippen molar-refractivity contribution in [2.75, 3.05) is 27.2 Å². The number of halogens is 2. The predicted octanol–water partition coefficient (Wildman–Crippen LogP) is 1.03. The third-order valence-corrected chi connectivity index (χ3v) is 3.68. The Balaban J connectivity index is 2.11. The van der Waals surface area contributed by atoms with E-state index >= 15 is 0 Å². The fourth-order valence-electron chi connectivity index (χ4n) is 2.75. The van der Waals surface area contributed by atoms with Crippen molar-refractivity contribution >= 4 is 5.91 Å². The summed E-state index contributed by atoms with van der Waals surface area (Å²) in [5.41, 5.74) is -0.215. The van der Waals surface area contributed by atoms with Crippen LogP contribution in [0, 0.1) is 11.6 Å². The summed E-state index contributed by atoms with van der Waals surface area (Å²) in [5, 5.41) is 9.75. The number of nitrogens with zero attached hydrogens (tertiary/aromatic N) is 2. The molecule has 2 unspecified atom stereocenters. The van der Waals surface area contributed by atoms with E-state index in [1.807, 2.05) is 19.0 Å². The fraction of sp³-hybridized carbons (Fsp3) is 0.533. The van der Waals surface area contributed by atoms with Crippen LogP contribution in [-0.4, -0.2) is 60.1 Å². The van der Waals surface area contributed by atoms with Gasteiger partial charge in [-0.05, 0) is 32.6 Å². The van der Waals surface area contributed by atoms with Crippen LogP contribution in [0.3, 0.4) is 0 Å². The van der Waals surface area contributed by atoms with Crippen molar-refractivity contribution in [2.24, 2.45) is 0 Å². The summed E-state index contributed by atoms with van der Waals surface area (Å²) < 4.78 is 27.2. The Hall–Kier alpha value is -1.53. The Kier molecular flexibility index (Phi) is 4.90. The normalized spacial score (nSPS) is 22.1. The minimum atomic E-state index is -0.716. The highest BCUT2D eigenvalue weighted by molar-refractivity contribution is 5.79. The number of hydrogen-bond acceptors (Lipinski definition) is 3. The Bertz CT molecular complexity index is 502. The summed E-state index contributed by atoms with van der Waals surface area (Å²) in [6, 6.07) is 3.42. The molecule has 1 aliphatic heterocycles. The van der Waals surface area contributed by atoms with Crippen LogP contribution in [-0.2, 0) is 11.2 Å². The van der Waals surface area contributed by atoms with Crippen molar-refractivity contribution in [2.45, 2.75) is 25.0 Å². The lowest BCUT2D eigenvalue weighted by atomic mass is 10.1. The van der Waals surface area contributed by atoms with Gasteiger partial charge in [0.05, 0.1) is 12.5 Å². The summed E-state index contributed by atoms with van der Waals surface area (Å²) in [6.45, 7) is 0.829. The third kappa shape index (κ3) is 3.77. The topological polar surface area (TPSA) is 43.8 Å². The molecule has 1 aliphatic rings. The Morgan fingerprint density at radius 2 is 2.00 bits per heavy atom. The van der Waals surface area contributed by atoms with Gasteiger partial charge in [-0.1, -0.05) is 6.07 Å². The van der Waals surface area contributed by atoms with E-state index in [4.69, 9.17) is 0 Å². The number of carbonyl (C=O) groups excluding carboxylic acids is 1. The van der Waals surface area contributed by atoms with Gasteiger partial charge >= 0.3 is 0 Å². The maximum Gasteiger partial charge on any atom is 0.227 e. The summed E-state index contributed by atoms with van der Waals surface area (Å²) >= 11 is 0. The fourth-order valence-corrected chi connectivity index (χ4v) is 2.75. The van der Waals surface area contributed by atoms with Gasteiger partial charge in [0, 0.05) is 24.7 Å². The van der Waals surface area contributed by atoms with Gasteiger partial charge in [0.2, 0.25) is 5.91 Å². The van der Waals surface area contributed by atoms with Crippen LogP contribution in [0.5, 0.6) is 0 Å². The monoisotopic (exact) mass is 298 g/mol. The zero-order valence-electron chi connectivity index (χ0n) is 12.2. The number of carbonyl (C=O) groups is 1. The highest BCUT2D eigenvalue weighted by Crippen LogP contribution is 2.21. The van der Waals surface area contributed by atoms with E-state index in [0.717, 1.165) is 12.1 Å². The zero-order chi connectivity index (χ0) is 15.6. The number of benzene rings is 1. The first-order valence-corrected chi connectivity index (χ1v) is 6.93. The molecule has 0 bridgehead atoms. The highest BCUT2D eigenvalue weighted by atomic mass is 19.1. The van der Waals surface area contributed by atoms with Crippen molar-refractivity contribution in [3.63, 3.8) is 0 Å². The van der Waals surface area contributed by atoms with Gasteiger partial charge in [-0.3, -0.25) is 4.79 Å². The third-order valence-electron chi connectivity index (χ3n) is 3.68. The second-order valence-corrected chi connectivity index (χ2v) is 5.73. The summed E-state index contributed by atoms with van der Waals surface area (Å²) in [5.74, 6) is -1.79. The van der Waals surface area contributed by atoms with Gasteiger partial charge in [0.25, 0.3) is 0 Å². The molecule has 1 aromatic carbocycles. The molecule has 1 saturated heterocycles. The number of likely N-dealkylation sites (N-methyl/N-ethyl adjacent to an activating group) is 1. The van der Waals surface area contributed by atoms with Gasteiger partial charge < -0.3 is 14.9 Å². The van der Waals surface area contributed by atoms with Crippen molar-refractivity contribution in [3.05, 3.63) is 35.4 Å². The summed E-state index contributed by atoms with van der Waals surface area (Å²) in [7, 11) is 3.76. The quantitative estimate of drug-likeness (QED) is 0.903. The highest BCUT2D eigenvalue weighted by Gasteiger charge is 2.34. The van der Waals surface area contributed by atoms with Gasteiger partial charge in [-0.15, -0.1) is 0 Å². The van der Waals surface area contributed by atoms with E-state index in [2.05, 4.69) is 0 Å².